The van der Waals surface area contributed by atoms with Crippen LogP contribution >= 0.6 is 0 Å². The maximum atomic E-state index is 14.6. The summed E-state index contributed by atoms with van der Waals surface area (Å²) < 4.78 is 31.1. The number of carbonyl (C=O) groups excluding carboxylic acids is 2. The van der Waals surface area contributed by atoms with Gasteiger partial charge in [0.15, 0.2) is 11.6 Å². The van der Waals surface area contributed by atoms with Crippen molar-refractivity contribution in [3.8, 4) is 0 Å². The van der Waals surface area contributed by atoms with Crippen molar-refractivity contribution in [2.45, 2.75) is 52.1 Å². The number of benzene rings is 1. The predicted molar refractivity (Wildman–Crippen MR) is 87.3 cm³/mol. The summed E-state index contributed by atoms with van der Waals surface area (Å²) in [6.45, 7) is 5.61. The van der Waals surface area contributed by atoms with Crippen molar-refractivity contribution in [2.75, 3.05) is 0 Å². The van der Waals surface area contributed by atoms with Gasteiger partial charge in [-0.1, -0.05) is 13.8 Å². The van der Waals surface area contributed by atoms with E-state index in [1.54, 1.807) is 6.92 Å². The minimum Gasteiger partial charge on any atom is -0.295 e. The van der Waals surface area contributed by atoms with Crippen molar-refractivity contribution in [3.63, 3.8) is 0 Å². The Bertz CT molecular complexity index is 943. The van der Waals surface area contributed by atoms with Gasteiger partial charge in [-0.2, -0.15) is 0 Å². The molecule has 1 saturated heterocycles. The third-order valence-electron chi connectivity index (χ3n) is 4.61. The number of fused-ring (bicyclic) bond motifs is 1. The molecular formula is C17H19F2N3O3. The molecule has 1 atom stereocenters. The topological polar surface area (TPSA) is 73.1 Å². The van der Waals surface area contributed by atoms with Gasteiger partial charge in [-0.3, -0.25) is 24.0 Å². The molecule has 0 bridgehead atoms. The first-order chi connectivity index (χ1) is 11.8. The van der Waals surface area contributed by atoms with Gasteiger partial charge in [-0.25, -0.2) is 13.6 Å². The zero-order chi connectivity index (χ0) is 18.5. The maximum Gasteiger partial charge on any atom is 0.329 e. The second-order valence-corrected chi connectivity index (χ2v) is 6.48. The Balaban J connectivity index is 2.40. The van der Waals surface area contributed by atoms with Crippen LogP contribution in [-0.2, 0) is 16.1 Å². The van der Waals surface area contributed by atoms with E-state index in [4.69, 9.17) is 0 Å². The average Bonchev–Trinajstić information content (AvgIpc) is 2.83. The smallest absolute Gasteiger partial charge is 0.295 e. The summed E-state index contributed by atoms with van der Waals surface area (Å²) in [5.74, 6) is -3.49. The number of aromatic nitrogens is 2. The van der Waals surface area contributed by atoms with Crippen molar-refractivity contribution in [1.29, 1.82) is 0 Å². The Kier molecular flexibility index (Phi) is 4.22. The average molecular weight is 351 g/mol. The Morgan fingerprint density at radius 2 is 1.92 bits per heavy atom. The number of piperidine rings is 1. The number of rotatable bonds is 3. The molecule has 3 rings (SSSR count). The van der Waals surface area contributed by atoms with Gasteiger partial charge in [0.25, 0.3) is 0 Å². The fourth-order valence-corrected chi connectivity index (χ4v) is 3.40. The molecule has 1 unspecified atom stereocenters. The van der Waals surface area contributed by atoms with Crippen LogP contribution in [0.1, 0.15) is 51.1 Å². The summed E-state index contributed by atoms with van der Waals surface area (Å²) in [7, 11) is 0. The highest BCUT2D eigenvalue weighted by atomic mass is 19.2. The van der Waals surface area contributed by atoms with E-state index in [1.165, 1.54) is 4.57 Å². The van der Waals surface area contributed by atoms with Gasteiger partial charge < -0.3 is 0 Å². The molecule has 1 aliphatic rings. The number of imide groups is 1. The van der Waals surface area contributed by atoms with E-state index in [2.05, 4.69) is 5.32 Å². The molecule has 25 heavy (non-hydrogen) atoms. The standard InChI is InChI=1S/C17H19F2N3O3/c1-4-21-14-9(8(2)3)7-10(18)13(19)15(14)22(17(21)25)11-5-6-12(23)20-16(11)24/h7-8,11H,4-6H2,1-3H3,(H,20,23,24). The molecule has 1 aromatic carbocycles. The molecule has 0 saturated carbocycles. The van der Waals surface area contributed by atoms with E-state index >= 15 is 0 Å². The molecule has 2 amide bonds. The molecule has 2 aromatic rings. The molecule has 1 fully saturated rings. The molecular weight excluding hydrogens is 332 g/mol. The predicted octanol–water partition coefficient (Wildman–Crippen LogP) is 2.20. The minimum atomic E-state index is -1.16. The lowest BCUT2D eigenvalue weighted by molar-refractivity contribution is -0.135. The van der Waals surface area contributed by atoms with Crippen LogP contribution in [-0.4, -0.2) is 20.9 Å². The van der Waals surface area contributed by atoms with E-state index in [1.807, 2.05) is 13.8 Å². The molecule has 0 aliphatic carbocycles. The van der Waals surface area contributed by atoms with E-state index in [0.29, 0.717) is 11.1 Å². The first-order valence-electron chi connectivity index (χ1n) is 8.24. The zero-order valence-corrected chi connectivity index (χ0v) is 14.2. The number of hydrogen-bond acceptors (Lipinski definition) is 3. The van der Waals surface area contributed by atoms with Crippen molar-refractivity contribution in [1.82, 2.24) is 14.5 Å². The van der Waals surface area contributed by atoms with Gasteiger partial charge in [0, 0.05) is 13.0 Å². The first-order valence-corrected chi connectivity index (χ1v) is 8.24. The Hall–Kier alpha value is -2.51. The molecule has 1 aliphatic heterocycles. The third-order valence-corrected chi connectivity index (χ3v) is 4.61. The van der Waals surface area contributed by atoms with E-state index in [0.717, 1.165) is 10.6 Å². The quantitative estimate of drug-likeness (QED) is 0.862. The van der Waals surface area contributed by atoms with Crippen molar-refractivity contribution in [3.05, 3.63) is 33.7 Å². The SMILES string of the molecule is CCn1c(=O)n(C2CCC(=O)NC2=O)c2c(F)c(F)cc(C(C)C)c21. The second kappa shape index (κ2) is 6.09. The van der Waals surface area contributed by atoms with Gasteiger partial charge in [0.05, 0.1) is 5.52 Å². The van der Waals surface area contributed by atoms with Gasteiger partial charge in [-0.15, -0.1) is 0 Å². The summed E-state index contributed by atoms with van der Waals surface area (Å²) in [5, 5.41) is 2.16. The molecule has 1 N–H and O–H groups in total. The minimum absolute atomic E-state index is 0.0373. The number of imidazole rings is 1. The molecule has 1 aromatic heterocycles. The van der Waals surface area contributed by atoms with Crippen LogP contribution in [0, 0.1) is 11.6 Å². The number of amides is 2. The monoisotopic (exact) mass is 351 g/mol. The largest absolute Gasteiger partial charge is 0.329 e. The molecule has 0 spiro atoms. The Morgan fingerprint density at radius 1 is 1.24 bits per heavy atom. The summed E-state index contributed by atoms with van der Waals surface area (Å²) >= 11 is 0. The number of nitrogens with one attached hydrogen (secondary N) is 1. The van der Waals surface area contributed by atoms with Gasteiger partial charge in [-0.05, 0) is 30.9 Å². The van der Waals surface area contributed by atoms with Gasteiger partial charge in [0.2, 0.25) is 11.8 Å². The van der Waals surface area contributed by atoms with Gasteiger partial charge >= 0.3 is 5.69 Å². The second-order valence-electron chi connectivity index (χ2n) is 6.48. The van der Waals surface area contributed by atoms with Crippen LogP contribution in [0.3, 0.4) is 0 Å². The fourth-order valence-electron chi connectivity index (χ4n) is 3.40. The maximum absolute atomic E-state index is 14.6. The molecule has 134 valence electrons. The molecule has 0 radical (unpaired) electrons. The Labute approximate surface area is 142 Å². The number of hydrogen-bond donors (Lipinski definition) is 1. The summed E-state index contributed by atoms with van der Waals surface area (Å²) in [5.41, 5.74) is -0.00607. The van der Waals surface area contributed by atoms with Crippen molar-refractivity contribution in [2.24, 2.45) is 0 Å². The van der Waals surface area contributed by atoms with E-state index < -0.39 is 35.2 Å². The van der Waals surface area contributed by atoms with Crippen molar-refractivity contribution < 1.29 is 18.4 Å². The number of nitrogens with zero attached hydrogens (tertiary/aromatic N) is 2. The normalized spacial score (nSPS) is 18.2. The Morgan fingerprint density at radius 3 is 2.48 bits per heavy atom. The number of aryl methyl sites for hydroxylation is 1. The first kappa shape index (κ1) is 17.3. The highest BCUT2D eigenvalue weighted by Crippen LogP contribution is 2.32. The lowest BCUT2D eigenvalue weighted by atomic mass is 10.00. The van der Waals surface area contributed by atoms with Crippen LogP contribution in [0.15, 0.2) is 10.9 Å². The lowest BCUT2D eigenvalue weighted by Gasteiger charge is -2.22. The van der Waals surface area contributed by atoms with Gasteiger partial charge in [0.1, 0.15) is 11.6 Å². The molecule has 2 heterocycles. The zero-order valence-electron chi connectivity index (χ0n) is 14.2. The third kappa shape index (κ3) is 2.56. The van der Waals surface area contributed by atoms with Crippen molar-refractivity contribution >= 4 is 22.8 Å². The number of carbonyl (C=O) groups is 2. The van der Waals surface area contributed by atoms with E-state index in [9.17, 15) is 23.2 Å². The lowest BCUT2D eigenvalue weighted by Crippen LogP contribution is -2.44. The number of halogens is 2. The molecule has 6 nitrogen and oxygen atoms in total. The fraction of sp³-hybridized carbons (Fsp3) is 0.471. The summed E-state index contributed by atoms with van der Waals surface area (Å²) in [6.07, 6.45) is 0.107. The van der Waals surface area contributed by atoms with E-state index in [-0.39, 0.29) is 30.8 Å². The molecule has 8 heteroatoms. The summed E-state index contributed by atoms with van der Waals surface area (Å²) in [6, 6.07) is 0.0553. The van der Waals surface area contributed by atoms with Crippen LogP contribution < -0.4 is 11.0 Å². The summed E-state index contributed by atoms with van der Waals surface area (Å²) in [4.78, 5) is 36.4. The highest BCUT2D eigenvalue weighted by Gasteiger charge is 2.34. The van der Waals surface area contributed by atoms with Crippen LogP contribution in [0.5, 0.6) is 0 Å². The van der Waals surface area contributed by atoms with Crippen LogP contribution in [0.4, 0.5) is 8.78 Å². The highest BCUT2D eigenvalue weighted by molar-refractivity contribution is 6.00. The van der Waals surface area contributed by atoms with Crippen LogP contribution in [0.25, 0.3) is 11.0 Å². The van der Waals surface area contributed by atoms with Crippen LogP contribution in [0.2, 0.25) is 0 Å².